The zero-order chi connectivity index (χ0) is 9.47. The highest BCUT2D eigenvalue weighted by atomic mass is 19.1. The largest absolute Gasteiger partial charge is 0.479 e. The standard InChI is InChI=1S/C9H8FNO2/c10-9(8(12)13)4-7(9)6-2-1-3-11-5-6/h1-3,5,7H,4H2,(H,12,13). The van der Waals surface area contributed by atoms with Crippen molar-refractivity contribution in [2.75, 3.05) is 0 Å². The van der Waals surface area contributed by atoms with Crippen molar-refractivity contribution < 1.29 is 14.3 Å². The van der Waals surface area contributed by atoms with Crippen LogP contribution in [0.1, 0.15) is 17.9 Å². The molecule has 1 heterocycles. The summed E-state index contributed by atoms with van der Waals surface area (Å²) in [6.45, 7) is 0. The minimum atomic E-state index is -2.05. The summed E-state index contributed by atoms with van der Waals surface area (Å²) in [5.74, 6) is -1.89. The summed E-state index contributed by atoms with van der Waals surface area (Å²) in [6, 6.07) is 3.37. The molecule has 0 aromatic carbocycles. The van der Waals surface area contributed by atoms with E-state index in [1.807, 2.05) is 0 Å². The van der Waals surface area contributed by atoms with Crippen molar-refractivity contribution in [2.45, 2.75) is 18.0 Å². The number of carboxylic acids is 1. The molecule has 1 N–H and O–H groups in total. The Morgan fingerprint density at radius 1 is 1.77 bits per heavy atom. The summed E-state index contributed by atoms with van der Waals surface area (Å²) in [5, 5.41) is 8.55. The van der Waals surface area contributed by atoms with E-state index in [0.29, 0.717) is 5.56 Å². The Kier molecular flexibility index (Phi) is 1.58. The molecule has 4 heteroatoms. The van der Waals surface area contributed by atoms with Crippen LogP contribution in [-0.4, -0.2) is 21.7 Å². The van der Waals surface area contributed by atoms with Gasteiger partial charge in [-0.1, -0.05) is 6.07 Å². The molecular formula is C9H8FNO2. The molecule has 1 aliphatic carbocycles. The van der Waals surface area contributed by atoms with Crippen LogP contribution in [0, 0.1) is 0 Å². The Hall–Kier alpha value is -1.45. The molecule has 2 rings (SSSR count). The lowest BCUT2D eigenvalue weighted by Gasteiger charge is -2.00. The minimum Gasteiger partial charge on any atom is -0.479 e. The number of aliphatic carboxylic acids is 1. The fourth-order valence-corrected chi connectivity index (χ4v) is 1.44. The molecule has 1 aliphatic rings. The predicted octanol–water partition coefficient (Wildman–Crippen LogP) is 1.36. The van der Waals surface area contributed by atoms with Gasteiger partial charge in [0.15, 0.2) is 0 Å². The van der Waals surface area contributed by atoms with Crippen molar-refractivity contribution in [2.24, 2.45) is 0 Å². The minimum absolute atomic E-state index is 0.0635. The van der Waals surface area contributed by atoms with Gasteiger partial charge in [-0.2, -0.15) is 0 Å². The molecular weight excluding hydrogens is 173 g/mol. The first-order valence-corrected chi connectivity index (χ1v) is 3.97. The Morgan fingerprint density at radius 2 is 2.54 bits per heavy atom. The topological polar surface area (TPSA) is 50.2 Å². The van der Waals surface area contributed by atoms with Crippen LogP contribution < -0.4 is 0 Å². The highest BCUT2D eigenvalue weighted by Crippen LogP contribution is 2.54. The van der Waals surface area contributed by atoms with Gasteiger partial charge in [0.2, 0.25) is 5.67 Å². The zero-order valence-corrected chi connectivity index (χ0v) is 6.77. The number of alkyl halides is 1. The molecule has 0 spiro atoms. The van der Waals surface area contributed by atoms with Gasteiger partial charge in [0.1, 0.15) is 0 Å². The molecule has 0 bridgehead atoms. The Labute approximate surface area is 74.2 Å². The van der Waals surface area contributed by atoms with Crippen molar-refractivity contribution >= 4 is 5.97 Å². The molecule has 0 aliphatic heterocycles. The summed E-state index contributed by atoms with van der Waals surface area (Å²) >= 11 is 0. The second-order valence-corrected chi connectivity index (χ2v) is 3.21. The van der Waals surface area contributed by atoms with Crippen LogP contribution in [0.3, 0.4) is 0 Å². The van der Waals surface area contributed by atoms with Crippen LogP contribution in [0.4, 0.5) is 4.39 Å². The molecule has 0 radical (unpaired) electrons. The zero-order valence-electron chi connectivity index (χ0n) is 6.77. The van der Waals surface area contributed by atoms with Crippen molar-refractivity contribution in [3.8, 4) is 0 Å². The first-order valence-electron chi connectivity index (χ1n) is 3.97. The molecule has 3 nitrogen and oxygen atoms in total. The number of hydrogen-bond acceptors (Lipinski definition) is 2. The summed E-state index contributed by atoms with van der Waals surface area (Å²) in [6.07, 6.45) is 3.15. The quantitative estimate of drug-likeness (QED) is 0.749. The molecule has 0 saturated heterocycles. The molecule has 2 atom stereocenters. The Morgan fingerprint density at radius 3 is 3.00 bits per heavy atom. The SMILES string of the molecule is O=C(O)C1(F)CC1c1cccnc1. The van der Waals surface area contributed by atoms with Crippen LogP contribution in [0.2, 0.25) is 0 Å². The van der Waals surface area contributed by atoms with Crippen LogP contribution in [-0.2, 0) is 4.79 Å². The number of hydrogen-bond donors (Lipinski definition) is 1. The summed E-state index contributed by atoms with van der Waals surface area (Å²) in [5.41, 5.74) is -1.39. The lowest BCUT2D eigenvalue weighted by Crippen LogP contribution is -2.17. The van der Waals surface area contributed by atoms with E-state index in [4.69, 9.17) is 5.11 Å². The molecule has 1 fully saturated rings. The third kappa shape index (κ3) is 1.18. The number of carboxylic acid groups (broad SMARTS) is 1. The summed E-state index contributed by atoms with van der Waals surface area (Å²) in [4.78, 5) is 14.3. The van der Waals surface area contributed by atoms with E-state index >= 15 is 0 Å². The van der Waals surface area contributed by atoms with Gasteiger partial charge >= 0.3 is 5.97 Å². The van der Waals surface area contributed by atoms with E-state index < -0.39 is 17.6 Å². The molecule has 13 heavy (non-hydrogen) atoms. The molecule has 1 aromatic rings. The van der Waals surface area contributed by atoms with Gasteiger partial charge in [-0.25, -0.2) is 9.18 Å². The molecule has 0 amide bonds. The van der Waals surface area contributed by atoms with E-state index in [1.165, 1.54) is 6.20 Å². The van der Waals surface area contributed by atoms with Gasteiger partial charge in [-0.05, 0) is 11.6 Å². The molecule has 2 unspecified atom stereocenters. The number of aromatic nitrogens is 1. The average Bonchev–Trinajstić information content (AvgIpc) is 2.81. The van der Waals surface area contributed by atoms with Crippen molar-refractivity contribution in [1.82, 2.24) is 4.98 Å². The predicted molar refractivity (Wildman–Crippen MR) is 43.1 cm³/mol. The first kappa shape index (κ1) is 8.16. The van der Waals surface area contributed by atoms with E-state index in [1.54, 1.807) is 18.3 Å². The van der Waals surface area contributed by atoms with Gasteiger partial charge < -0.3 is 5.11 Å². The monoisotopic (exact) mass is 181 g/mol. The van der Waals surface area contributed by atoms with Gasteiger partial charge in [0.25, 0.3) is 0 Å². The lowest BCUT2D eigenvalue weighted by molar-refractivity contribution is -0.144. The maximum atomic E-state index is 13.3. The van der Waals surface area contributed by atoms with E-state index in [-0.39, 0.29) is 6.42 Å². The van der Waals surface area contributed by atoms with E-state index in [0.717, 1.165) is 0 Å². The number of rotatable bonds is 2. The van der Waals surface area contributed by atoms with Crippen molar-refractivity contribution in [1.29, 1.82) is 0 Å². The van der Waals surface area contributed by atoms with Gasteiger partial charge in [-0.3, -0.25) is 4.98 Å². The lowest BCUT2D eigenvalue weighted by atomic mass is 10.1. The molecule has 68 valence electrons. The highest BCUT2D eigenvalue weighted by Gasteiger charge is 2.62. The van der Waals surface area contributed by atoms with Gasteiger partial charge in [0, 0.05) is 24.7 Å². The second-order valence-electron chi connectivity index (χ2n) is 3.21. The van der Waals surface area contributed by atoms with Crippen molar-refractivity contribution in [3.05, 3.63) is 30.1 Å². The summed E-state index contributed by atoms with van der Waals surface area (Å²) in [7, 11) is 0. The fourth-order valence-electron chi connectivity index (χ4n) is 1.44. The van der Waals surface area contributed by atoms with Crippen LogP contribution in [0.5, 0.6) is 0 Å². The van der Waals surface area contributed by atoms with Crippen molar-refractivity contribution in [3.63, 3.8) is 0 Å². The van der Waals surface area contributed by atoms with Crippen LogP contribution >= 0.6 is 0 Å². The third-order valence-corrected chi connectivity index (χ3v) is 2.34. The molecule has 1 saturated carbocycles. The highest BCUT2D eigenvalue weighted by molar-refractivity contribution is 5.83. The van der Waals surface area contributed by atoms with Crippen LogP contribution in [0.25, 0.3) is 0 Å². The number of carbonyl (C=O) groups is 1. The fraction of sp³-hybridized carbons (Fsp3) is 0.333. The maximum absolute atomic E-state index is 13.3. The molecule has 1 aromatic heterocycles. The number of pyridine rings is 1. The number of nitrogens with zero attached hydrogens (tertiary/aromatic N) is 1. The second kappa shape index (κ2) is 2.52. The normalized spacial score (nSPS) is 31.3. The van der Waals surface area contributed by atoms with Gasteiger partial charge in [0.05, 0.1) is 0 Å². The van der Waals surface area contributed by atoms with Gasteiger partial charge in [-0.15, -0.1) is 0 Å². The Balaban J connectivity index is 2.21. The average molecular weight is 181 g/mol. The Bertz CT molecular complexity index is 341. The van der Waals surface area contributed by atoms with E-state index in [9.17, 15) is 9.18 Å². The first-order chi connectivity index (χ1) is 6.14. The number of halogens is 1. The maximum Gasteiger partial charge on any atom is 0.342 e. The summed E-state index contributed by atoms with van der Waals surface area (Å²) < 4.78 is 13.3. The third-order valence-electron chi connectivity index (χ3n) is 2.34. The smallest absolute Gasteiger partial charge is 0.342 e. The van der Waals surface area contributed by atoms with Crippen LogP contribution in [0.15, 0.2) is 24.5 Å². The van der Waals surface area contributed by atoms with E-state index in [2.05, 4.69) is 4.98 Å².